The number of fused-ring (bicyclic) bond motifs is 1. The highest BCUT2D eigenvalue weighted by atomic mass is 79.9. The van der Waals surface area contributed by atoms with Crippen LogP contribution in [0.1, 0.15) is 0 Å². The van der Waals surface area contributed by atoms with E-state index in [0.717, 1.165) is 10.2 Å². The minimum absolute atomic E-state index is 0.200. The van der Waals surface area contributed by atoms with Crippen molar-refractivity contribution in [2.45, 2.75) is 0 Å². The molecule has 5 aromatic rings. The van der Waals surface area contributed by atoms with Crippen molar-refractivity contribution in [3.63, 3.8) is 0 Å². The molecule has 5 rings (SSSR count). The van der Waals surface area contributed by atoms with Gasteiger partial charge in [-0.2, -0.15) is 0 Å². The summed E-state index contributed by atoms with van der Waals surface area (Å²) in [6.45, 7) is 0. The minimum Gasteiger partial charge on any atom is -0.268 e. The van der Waals surface area contributed by atoms with E-state index in [2.05, 4.69) is 26.0 Å². The van der Waals surface area contributed by atoms with Gasteiger partial charge >= 0.3 is 0 Å². The Bertz CT molecular complexity index is 1430. The van der Waals surface area contributed by atoms with Crippen LogP contribution in [-0.4, -0.2) is 19.3 Å². The quantitative estimate of drug-likeness (QED) is 0.374. The van der Waals surface area contributed by atoms with E-state index >= 15 is 0 Å². The van der Waals surface area contributed by atoms with Crippen LogP contribution in [0.25, 0.3) is 33.8 Å². The zero-order valence-corrected chi connectivity index (χ0v) is 17.1. The van der Waals surface area contributed by atoms with Crippen LogP contribution in [0.15, 0.2) is 94.3 Å². The topological polar surface area (TPSA) is 52.7 Å². The lowest BCUT2D eigenvalue weighted by Gasteiger charge is -2.13. The molecule has 0 unspecified atom stereocenters. The predicted octanol–water partition coefficient (Wildman–Crippen LogP) is 5.14. The highest BCUT2D eigenvalue weighted by Crippen LogP contribution is 2.25. The molecule has 0 N–H and O–H groups in total. The number of para-hydroxylation sites is 1. The van der Waals surface area contributed by atoms with Crippen LogP contribution in [0.3, 0.4) is 0 Å². The second kappa shape index (κ2) is 7.35. The van der Waals surface area contributed by atoms with Crippen molar-refractivity contribution in [3.05, 3.63) is 106 Å². The van der Waals surface area contributed by atoms with E-state index in [-0.39, 0.29) is 22.6 Å². The largest absolute Gasteiger partial charge is 0.269 e. The maximum absolute atomic E-state index is 14.6. The number of hydrogen-bond acceptors (Lipinski definition) is 3. The third-order valence-electron chi connectivity index (χ3n) is 4.77. The summed E-state index contributed by atoms with van der Waals surface area (Å²) in [6.07, 6.45) is 1.65. The Kier molecular flexibility index (Phi) is 4.52. The first-order chi connectivity index (χ1) is 14.6. The van der Waals surface area contributed by atoms with E-state index in [4.69, 9.17) is 0 Å². The molecule has 0 radical (unpaired) electrons. The van der Waals surface area contributed by atoms with Gasteiger partial charge in [0.15, 0.2) is 11.5 Å². The number of aromatic nitrogens is 4. The lowest BCUT2D eigenvalue weighted by Crippen LogP contribution is -2.21. The fourth-order valence-electron chi connectivity index (χ4n) is 3.33. The molecule has 3 aromatic carbocycles. The normalized spacial score (nSPS) is 11.1. The fraction of sp³-hybridized carbons (Fsp3) is 0. The summed E-state index contributed by atoms with van der Waals surface area (Å²) >= 11 is 3.40. The summed E-state index contributed by atoms with van der Waals surface area (Å²) in [4.78, 5) is 18.1. The van der Waals surface area contributed by atoms with Gasteiger partial charge < -0.3 is 0 Å². The Morgan fingerprint density at radius 2 is 1.53 bits per heavy atom. The van der Waals surface area contributed by atoms with Crippen LogP contribution in [0.2, 0.25) is 0 Å². The Morgan fingerprint density at radius 1 is 0.833 bits per heavy atom. The Hall–Kier alpha value is -3.58. The van der Waals surface area contributed by atoms with Gasteiger partial charge in [-0.15, -0.1) is 5.10 Å². The van der Waals surface area contributed by atoms with Crippen molar-refractivity contribution < 1.29 is 4.39 Å². The number of halogens is 2. The summed E-state index contributed by atoms with van der Waals surface area (Å²) in [5.74, 6) is -0.261. The van der Waals surface area contributed by atoms with Gasteiger partial charge in [0.05, 0.1) is 16.9 Å². The number of hydrogen-bond donors (Lipinski definition) is 0. The molecule has 0 bridgehead atoms. The molecule has 5 nitrogen and oxygen atoms in total. The summed E-state index contributed by atoms with van der Waals surface area (Å²) < 4.78 is 18.5. The monoisotopic (exact) mass is 460 g/mol. The molecule has 146 valence electrons. The van der Waals surface area contributed by atoms with E-state index in [1.807, 2.05) is 42.5 Å². The molecular formula is C23H14BrFN4O. The lowest BCUT2D eigenvalue weighted by atomic mass is 10.1. The van der Waals surface area contributed by atoms with Crippen LogP contribution < -0.4 is 5.56 Å². The highest BCUT2D eigenvalue weighted by molar-refractivity contribution is 9.10. The first kappa shape index (κ1) is 18.4. The van der Waals surface area contributed by atoms with Crippen LogP contribution >= 0.6 is 15.9 Å². The zero-order chi connectivity index (χ0) is 20.7. The van der Waals surface area contributed by atoms with Crippen molar-refractivity contribution in [3.8, 4) is 22.8 Å². The van der Waals surface area contributed by atoms with Crippen LogP contribution in [0, 0.1) is 5.82 Å². The fourth-order valence-corrected chi connectivity index (χ4v) is 3.60. The van der Waals surface area contributed by atoms with Gasteiger partial charge in [-0.25, -0.2) is 14.1 Å². The van der Waals surface area contributed by atoms with Crippen molar-refractivity contribution in [1.29, 1.82) is 0 Å². The molecule has 0 saturated carbocycles. The highest BCUT2D eigenvalue weighted by Gasteiger charge is 2.19. The van der Waals surface area contributed by atoms with E-state index in [1.54, 1.807) is 41.2 Å². The molecule has 0 saturated heterocycles. The number of benzene rings is 3. The van der Waals surface area contributed by atoms with Crippen LogP contribution in [0.5, 0.6) is 0 Å². The molecule has 0 spiro atoms. The van der Waals surface area contributed by atoms with Gasteiger partial charge in [0.1, 0.15) is 11.2 Å². The van der Waals surface area contributed by atoms with Crippen molar-refractivity contribution >= 4 is 27.0 Å². The van der Waals surface area contributed by atoms with Crippen molar-refractivity contribution in [2.75, 3.05) is 0 Å². The second-order valence-electron chi connectivity index (χ2n) is 6.68. The predicted molar refractivity (Wildman–Crippen MR) is 118 cm³/mol. The summed E-state index contributed by atoms with van der Waals surface area (Å²) in [7, 11) is 0. The molecular weight excluding hydrogens is 447 g/mol. The molecule has 0 aliphatic heterocycles. The standard InChI is InChI=1S/C23H14BrFN4O/c24-15-10-12-17(13-11-15)29-22(18-8-4-5-9-20(18)25)26-21-19(23(29)30)14-28(27-21)16-6-2-1-3-7-16/h1-14H. The van der Waals surface area contributed by atoms with Crippen LogP contribution in [0.4, 0.5) is 4.39 Å². The third kappa shape index (κ3) is 3.13. The van der Waals surface area contributed by atoms with Crippen molar-refractivity contribution in [2.24, 2.45) is 0 Å². The third-order valence-corrected chi connectivity index (χ3v) is 5.30. The van der Waals surface area contributed by atoms with Gasteiger partial charge in [-0.3, -0.25) is 9.36 Å². The van der Waals surface area contributed by atoms with Gasteiger partial charge in [0.25, 0.3) is 5.56 Å². The molecule has 2 heterocycles. The van der Waals surface area contributed by atoms with Gasteiger partial charge in [-0.1, -0.05) is 46.3 Å². The lowest BCUT2D eigenvalue weighted by molar-refractivity contribution is 0.629. The molecule has 7 heteroatoms. The van der Waals surface area contributed by atoms with Crippen LogP contribution in [-0.2, 0) is 0 Å². The van der Waals surface area contributed by atoms with Gasteiger partial charge in [0.2, 0.25) is 0 Å². The van der Waals surface area contributed by atoms with E-state index < -0.39 is 5.82 Å². The maximum atomic E-state index is 14.6. The molecule has 0 atom stereocenters. The van der Waals surface area contributed by atoms with E-state index in [9.17, 15) is 9.18 Å². The smallest absolute Gasteiger partial charge is 0.268 e. The van der Waals surface area contributed by atoms with E-state index in [0.29, 0.717) is 11.1 Å². The molecule has 0 fully saturated rings. The average molecular weight is 461 g/mol. The molecule has 0 aliphatic rings. The van der Waals surface area contributed by atoms with Crippen molar-refractivity contribution in [1.82, 2.24) is 19.3 Å². The van der Waals surface area contributed by atoms with Gasteiger partial charge in [0, 0.05) is 10.7 Å². The summed E-state index contributed by atoms with van der Waals surface area (Å²) in [5, 5.41) is 4.82. The minimum atomic E-state index is -0.461. The number of rotatable bonds is 3. The Morgan fingerprint density at radius 3 is 2.27 bits per heavy atom. The molecule has 0 amide bonds. The van der Waals surface area contributed by atoms with E-state index in [1.165, 1.54) is 10.6 Å². The Balaban J connectivity index is 1.84. The summed E-state index contributed by atoms with van der Waals surface area (Å²) in [5.41, 5.74) is 1.56. The first-order valence-electron chi connectivity index (χ1n) is 9.20. The molecule has 30 heavy (non-hydrogen) atoms. The first-order valence-corrected chi connectivity index (χ1v) is 10.00. The summed E-state index contributed by atoms with van der Waals surface area (Å²) in [6, 6.07) is 22.9. The SMILES string of the molecule is O=c1c2cn(-c3ccccc3)nc2nc(-c2ccccc2F)n1-c1ccc(Br)cc1. The Labute approximate surface area is 179 Å². The second-order valence-corrected chi connectivity index (χ2v) is 7.59. The average Bonchev–Trinajstić information content (AvgIpc) is 3.20. The number of nitrogens with zero attached hydrogens (tertiary/aromatic N) is 4. The maximum Gasteiger partial charge on any atom is 0.269 e. The molecule has 2 aromatic heterocycles. The molecule has 0 aliphatic carbocycles. The zero-order valence-electron chi connectivity index (χ0n) is 15.5. The van der Waals surface area contributed by atoms with Gasteiger partial charge in [-0.05, 0) is 48.5 Å².